The van der Waals surface area contributed by atoms with E-state index in [0.717, 1.165) is 11.3 Å². The van der Waals surface area contributed by atoms with Gasteiger partial charge in [-0.3, -0.25) is 9.59 Å². The van der Waals surface area contributed by atoms with Gasteiger partial charge >= 0.3 is 17.9 Å². The summed E-state index contributed by atoms with van der Waals surface area (Å²) in [6.07, 6.45) is 0.701. The van der Waals surface area contributed by atoms with Crippen LogP contribution in [0.3, 0.4) is 0 Å². The minimum atomic E-state index is -1.38. The Labute approximate surface area is 186 Å². The molecule has 2 aliphatic heterocycles. The van der Waals surface area contributed by atoms with Crippen molar-refractivity contribution in [3.63, 3.8) is 0 Å². The van der Waals surface area contributed by atoms with Crippen molar-refractivity contribution in [1.29, 1.82) is 0 Å². The van der Waals surface area contributed by atoms with Crippen LogP contribution in [0.2, 0.25) is 0 Å². The number of allylic oxidation sites excluding steroid dienone is 2. The molecular formula is C23H26N2O7. The van der Waals surface area contributed by atoms with Crippen molar-refractivity contribution in [3.05, 3.63) is 52.4 Å². The van der Waals surface area contributed by atoms with E-state index in [1.165, 1.54) is 14.2 Å². The zero-order valence-corrected chi connectivity index (χ0v) is 18.7. The molecule has 32 heavy (non-hydrogen) atoms. The van der Waals surface area contributed by atoms with Gasteiger partial charge in [-0.15, -0.1) is 0 Å². The number of nitrogens with one attached hydrogen (secondary N) is 1. The Morgan fingerprint density at radius 2 is 1.56 bits per heavy atom. The van der Waals surface area contributed by atoms with Crippen LogP contribution >= 0.6 is 0 Å². The van der Waals surface area contributed by atoms with Crippen molar-refractivity contribution < 1.29 is 33.4 Å². The molecule has 9 nitrogen and oxygen atoms in total. The predicted molar refractivity (Wildman–Crippen MR) is 114 cm³/mol. The highest BCUT2D eigenvalue weighted by atomic mass is 16.5. The van der Waals surface area contributed by atoms with Crippen LogP contribution in [0.5, 0.6) is 0 Å². The zero-order chi connectivity index (χ0) is 23.6. The first kappa shape index (κ1) is 23.1. The highest BCUT2D eigenvalue weighted by molar-refractivity contribution is 6.06. The van der Waals surface area contributed by atoms with E-state index < -0.39 is 36.3 Å². The normalized spacial score (nSPS) is 18.2. The summed E-state index contributed by atoms with van der Waals surface area (Å²) in [5, 5.41) is 2.90. The monoisotopic (exact) mass is 442 g/mol. The number of methoxy groups -OCH3 is 2. The molecule has 0 bridgehead atoms. The molecule has 2 aliphatic rings. The van der Waals surface area contributed by atoms with Crippen molar-refractivity contribution >= 4 is 29.5 Å². The van der Waals surface area contributed by atoms with Gasteiger partial charge < -0.3 is 24.4 Å². The molecule has 0 aromatic heterocycles. The van der Waals surface area contributed by atoms with E-state index in [9.17, 15) is 19.2 Å². The van der Waals surface area contributed by atoms with Crippen LogP contribution in [0, 0.1) is 5.92 Å². The standard InChI is InChI=1S/C23H26N2O7/c1-12-10-15-8-6-7-9-16(15)25(12)17(26)11-32-23(29)20-18(21(27)30-4)13(2)24-14(3)19(20)22(28)31-5/h6-9,12,20,24H,10-11H2,1-5H3/t12-/m0/s1. The number of benzene rings is 1. The second-order valence-electron chi connectivity index (χ2n) is 7.67. The van der Waals surface area contributed by atoms with Gasteiger partial charge in [0.2, 0.25) is 0 Å². The first-order valence-corrected chi connectivity index (χ1v) is 10.1. The lowest BCUT2D eigenvalue weighted by molar-refractivity contribution is -0.153. The Morgan fingerprint density at radius 1 is 1.00 bits per heavy atom. The molecule has 0 saturated heterocycles. The molecule has 1 aromatic carbocycles. The molecule has 1 atom stereocenters. The summed E-state index contributed by atoms with van der Waals surface area (Å²) < 4.78 is 14.9. The van der Waals surface area contributed by atoms with Crippen LogP contribution < -0.4 is 10.2 Å². The number of hydrogen-bond donors (Lipinski definition) is 1. The molecule has 3 rings (SSSR count). The van der Waals surface area contributed by atoms with Crippen LogP contribution in [-0.4, -0.2) is 50.7 Å². The number of dihydropyridines is 1. The molecule has 1 N–H and O–H groups in total. The van der Waals surface area contributed by atoms with Gasteiger partial charge in [-0.05, 0) is 38.8 Å². The second-order valence-corrected chi connectivity index (χ2v) is 7.67. The fraction of sp³-hybridized carbons (Fsp3) is 0.391. The summed E-state index contributed by atoms with van der Waals surface area (Å²) in [6, 6.07) is 7.45. The van der Waals surface area contributed by atoms with Crippen LogP contribution in [-0.2, 0) is 39.8 Å². The average molecular weight is 442 g/mol. The number of amides is 1. The highest BCUT2D eigenvalue weighted by Crippen LogP contribution is 2.34. The third-order valence-corrected chi connectivity index (χ3v) is 5.62. The van der Waals surface area contributed by atoms with E-state index in [-0.39, 0.29) is 17.2 Å². The van der Waals surface area contributed by atoms with Gasteiger partial charge in [-0.2, -0.15) is 0 Å². The smallest absolute Gasteiger partial charge is 0.336 e. The van der Waals surface area contributed by atoms with Gasteiger partial charge in [0.05, 0.1) is 25.4 Å². The fourth-order valence-corrected chi connectivity index (χ4v) is 4.22. The van der Waals surface area contributed by atoms with Crippen LogP contribution in [0.25, 0.3) is 0 Å². The molecule has 0 saturated carbocycles. The number of esters is 3. The number of anilines is 1. The first-order valence-electron chi connectivity index (χ1n) is 10.1. The van der Waals surface area contributed by atoms with Crippen molar-refractivity contribution in [2.75, 3.05) is 25.7 Å². The Kier molecular flexibility index (Phi) is 6.67. The number of hydrogen-bond acceptors (Lipinski definition) is 8. The maximum Gasteiger partial charge on any atom is 0.336 e. The Hall–Kier alpha value is -3.62. The topological polar surface area (TPSA) is 111 Å². The van der Waals surface area contributed by atoms with E-state index >= 15 is 0 Å². The third kappa shape index (κ3) is 4.10. The van der Waals surface area contributed by atoms with Gasteiger partial charge in [-0.25, -0.2) is 9.59 Å². The maximum atomic E-state index is 13.1. The molecule has 0 aliphatic carbocycles. The molecule has 170 valence electrons. The number of para-hydroxylation sites is 1. The number of nitrogens with zero attached hydrogens (tertiary/aromatic N) is 1. The lowest BCUT2D eigenvalue weighted by atomic mass is 9.85. The summed E-state index contributed by atoms with van der Waals surface area (Å²) in [4.78, 5) is 52.4. The molecule has 0 unspecified atom stereocenters. The van der Waals surface area contributed by atoms with Crippen LogP contribution in [0.15, 0.2) is 46.8 Å². The molecule has 2 heterocycles. The first-order chi connectivity index (χ1) is 15.2. The molecule has 9 heteroatoms. The average Bonchev–Trinajstić information content (AvgIpc) is 3.11. The van der Waals surface area contributed by atoms with Crippen LogP contribution in [0.4, 0.5) is 5.69 Å². The summed E-state index contributed by atoms with van der Waals surface area (Å²) in [7, 11) is 2.34. The number of carbonyl (C=O) groups excluding carboxylic acids is 4. The highest BCUT2D eigenvalue weighted by Gasteiger charge is 2.42. The van der Waals surface area contributed by atoms with Gasteiger partial charge in [0.25, 0.3) is 5.91 Å². The summed E-state index contributed by atoms with van der Waals surface area (Å²) in [5.41, 5.74) is 2.36. The number of ether oxygens (including phenoxy) is 3. The Balaban J connectivity index is 1.85. The van der Waals surface area contributed by atoms with Crippen molar-refractivity contribution in [3.8, 4) is 0 Å². The molecule has 0 spiro atoms. The molecule has 1 aromatic rings. The lowest BCUT2D eigenvalue weighted by Crippen LogP contribution is -2.41. The molecular weight excluding hydrogens is 416 g/mol. The quantitative estimate of drug-likeness (QED) is 0.541. The van der Waals surface area contributed by atoms with E-state index in [4.69, 9.17) is 14.2 Å². The summed E-state index contributed by atoms with van der Waals surface area (Å²) >= 11 is 0. The van der Waals surface area contributed by atoms with Gasteiger partial charge in [0.1, 0.15) is 5.92 Å². The summed E-state index contributed by atoms with van der Waals surface area (Å²) in [6.45, 7) is 4.54. The molecule has 0 fully saturated rings. The minimum Gasteiger partial charge on any atom is -0.466 e. The molecule has 1 amide bonds. The zero-order valence-electron chi connectivity index (χ0n) is 18.7. The van der Waals surface area contributed by atoms with Crippen molar-refractivity contribution in [1.82, 2.24) is 5.32 Å². The molecule has 0 radical (unpaired) electrons. The van der Waals surface area contributed by atoms with E-state index in [0.29, 0.717) is 17.8 Å². The van der Waals surface area contributed by atoms with Crippen molar-refractivity contribution in [2.24, 2.45) is 5.92 Å². The second kappa shape index (κ2) is 9.25. The van der Waals surface area contributed by atoms with E-state index in [1.54, 1.807) is 18.7 Å². The van der Waals surface area contributed by atoms with Crippen molar-refractivity contribution in [2.45, 2.75) is 33.2 Å². The predicted octanol–water partition coefficient (Wildman–Crippen LogP) is 1.62. The van der Waals surface area contributed by atoms with E-state index in [1.807, 2.05) is 31.2 Å². The van der Waals surface area contributed by atoms with Gasteiger partial charge in [0, 0.05) is 23.1 Å². The third-order valence-electron chi connectivity index (χ3n) is 5.62. The number of fused-ring (bicyclic) bond motifs is 1. The fourth-order valence-electron chi connectivity index (χ4n) is 4.22. The van der Waals surface area contributed by atoms with Gasteiger partial charge in [-0.1, -0.05) is 18.2 Å². The Bertz CT molecular complexity index is 1000. The Morgan fingerprint density at radius 3 is 2.12 bits per heavy atom. The van der Waals surface area contributed by atoms with Gasteiger partial charge in [0.15, 0.2) is 6.61 Å². The minimum absolute atomic E-state index is 0.0733. The largest absolute Gasteiger partial charge is 0.466 e. The maximum absolute atomic E-state index is 13.1. The lowest BCUT2D eigenvalue weighted by Gasteiger charge is -2.28. The number of carbonyl (C=O) groups is 4. The van der Waals surface area contributed by atoms with Crippen LogP contribution in [0.1, 0.15) is 26.3 Å². The SMILES string of the molecule is COC(=O)C1=C(C)NC(C)=C(C(=O)OC)C1C(=O)OCC(=O)N1c2ccccc2C[C@@H]1C. The summed E-state index contributed by atoms with van der Waals surface area (Å²) in [5.74, 6) is -4.28. The number of rotatable bonds is 5. The van der Waals surface area contributed by atoms with E-state index in [2.05, 4.69) is 5.32 Å².